The highest BCUT2D eigenvalue weighted by Crippen LogP contribution is 2.30. The van der Waals surface area contributed by atoms with Gasteiger partial charge in [-0.2, -0.15) is 0 Å². The summed E-state index contributed by atoms with van der Waals surface area (Å²) in [7, 11) is 1.42. The topological polar surface area (TPSA) is 95.5 Å². The van der Waals surface area contributed by atoms with E-state index in [1.54, 1.807) is 6.20 Å². The molecule has 5 heterocycles. The Balaban J connectivity index is 1.12. The van der Waals surface area contributed by atoms with Crippen LogP contribution in [0.3, 0.4) is 0 Å². The Kier molecular flexibility index (Phi) is 6.75. The van der Waals surface area contributed by atoms with Crippen LogP contribution in [-0.4, -0.2) is 77.9 Å². The molecule has 0 aromatic carbocycles. The second kappa shape index (κ2) is 10.1. The largest absolute Gasteiger partial charge is 0.479 e. The third-order valence-electron chi connectivity index (χ3n) is 5.96. The maximum absolute atomic E-state index is 14.0. The molecular weight excluding hydrogens is 457 g/mol. The monoisotopic (exact) mass is 483 g/mol. The van der Waals surface area contributed by atoms with Crippen molar-refractivity contribution in [2.75, 3.05) is 62.3 Å². The molecule has 9 nitrogen and oxygen atoms in total. The van der Waals surface area contributed by atoms with Crippen LogP contribution in [0.25, 0.3) is 11.0 Å². The normalized spacial score (nSPS) is 16.4. The van der Waals surface area contributed by atoms with E-state index in [-0.39, 0.29) is 11.8 Å². The van der Waals surface area contributed by atoms with Crippen molar-refractivity contribution in [3.8, 4) is 5.88 Å². The van der Waals surface area contributed by atoms with Crippen LogP contribution >= 0.6 is 11.8 Å². The van der Waals surface area contributed by atoms with Gasteiger partial charge in [0.05, 0.1) is 34.7 Å². The lowest BCUT2D eigenvalue weighted by Gasteiger charge is -2.36. The number of anilines is 2. The van der Waals surface area contributed by atoms with Gasteiger partial charge in [-0.25, -0.2) is 14.4 Å². The first-order valence-corrected chi connectivity index (χ1v) is 12.2. The fourth-order valence-corrected chi connectivity index (χ4v) is 4.94. The van der Waals surface area contributed by atoms with E-state index in [2.05, 4.69) is 35.4 Å². The van der Waals surface area contributed by atoms with Crippen LogP contribution in [0.4, 0.5) is 15.9 Å². The molecule has 2 N–H and O–H groups in total. The third-order valence-corrected chi connectivity index (χ3v) is 7.01. The summed E-state index contributed by atoms with van der Waals surface area (Å²) in [5, 5.41) is 6.28. The number of thioether (sulfide) groups is 1. The smallest absolute Gasteiger partial charge is 0.250 e. The highest BCUT2D eigenvalue weighted by molar-refractivity contribution is 8.00. The summed E-state index contributed by atoms with van der Waals surface area (Å²) in [6.45, 7) is 5.97. The first kappa shape index (κ1) is 22.8. The zero-order valence-corrected chi connectivity index (χ0v) is 19.7. The second-order valence-electron chi connectivity index (χ2n) is 8.17. The Morgan fingerprint density at radius 3 is 2.88 bits per heavy atom. The summed E-state index contributed by atoms with van der Waals surface area (Å²) in [4.78, 5) is 30.4. The van der Waals surface area contributed by atoms with Gasteiger partial charge in [0, 0.05) is 58.1 Å². The van der Waals surface area contributed by atoms with Crippen molar-refractivity contribution in [3.05, 3.63) is 42.0 Å². The van der Waals surface area contributed by atoms with Crippen molar-refractivity contribution in [1.29, 1.82) is 0 Å². The van der Waals surface area contributed by atoms with Crippen LogP contribution in [0.2, 0.25) is 0 Å². The summed E-state index contributed by atoms with van der Waals surface area (Å²) >= 11 is 1.52. The van der Waals surface area contributed by atoms with E-state index in [0.717, 1.165) is 55.5 Å². The maximum Gasteiger partial charge on any atom is 0.250 e. The lowest BCUT2D eigenvalue weighted by atomic mass is 10.2. The van der Waals surface area contributed by atoms with Gasteiger partial charge in [0.15, 0.2) is 5.82 Å². The van der Waals surface area contributed by atoms with Crippen molar-refractivity contribution in [3.63, 3.8) is 0 Å². The molecule has 0 unspecified atom stereocenters. The predicted octanol–water partition coefficient (Wildman–Crippen LogP) is 2.13. The number of pyridine rings is 3. The molecule has 0 bridgehead atoms. The quantitative estimate of drug-likeness (QED) is 0.490. The van der Waals surface area contributed by atoms with Crippen molar-refractivity contribution >= 4 is 40.2 Å². The van der Waals surface area contributed by atoms with Crippen molar-refractivity contribution in [2.24, 2.45) is 0 Å². The minimum Gasteiger partial charge on any atom is -0.479 e. The van der Waals surface area contributed by atoms with Crippen molar-refractivity contribution < 1.29 is 13.9 Å². The fraction of sp³-hybridized carbons (Fsp3) is 0.391. The number of ether oxygens (including phenoxy) is 1. The van der Waals surface area contributed by atoms with Gasteiger partial charge in [-0.05, 0) is 18.2 Å². The van der Waals surface area contributed by atoms with Crippen LogP contribution in [0.1, 0.15) is 5.69 Å². The number of halogens is 1. The summed E-state index contributed by atoms with van der Waals surface area (Å²) in [6, 6.07) is 7.32. The number of hydrogen-bond donors (Lipinski definition) is 2. The molecule has 0 aliphatic carbocycles. The maximum atomic E-state index is 14.0. The highest BCUT2D eigenvalue weighted by Gasteiger charge is 2.21. The molecule has 1 fully saturated rings. The van der Waals surface area contributed by atoms with E-state index in [0.29, 0.717) is 29.1 Å². The van der Waals surface area contributed by atoms with Gasteiger partial charge < -0.3 is 20.3 Å². The van der Waals surface area contributed by atoms with Crippen LogP contribution in [0.5, 0.6) is 5.88 Å². The summed E-state index contributed by atoms with van der Waals surface area (Å²) in [5.41, 5.74) is 3.04. The number of nitrogens with zero attached hydrogens (tertiary/aromatic N) is 5. The van der Waals surface area contributed by atoms with E-state index >= 15 is 0 Å². The second-order valence-corrected chi connectivity index (χ2v) is 9.19. The van der Waals surface area contributed by atoms with E-state index in [1.165, 1.54) is 24.9 Å². The minimum atomic E-state index is -0.508. The van der Waals surface area contributed by atoms with E-state index in [1.807, 2.05) is 18.2 Å². The number of nitrogens with one attached hydrogen (secondary N) is 2. The van der Waals surface area contributed by atoms with Crippen molar-refractivity contribution in [2.45, 2.75) is 11.4 Å². The minimum absolute atomic E-state index is 0.00361. The average molecular weight is 484 g/mol. The Morgan fingerprint density at radius 1 is 1.21 bits per heavy atom. The van der Waals surface area contributed by atoms with Gasteiger partial charge in [0.25, 0.3) is 5.88 Å². The summed E-state index contributed by atoms with van der Waals surface area (Å²) in [6.07, 6.45) is 1.69. The van der Waals surface area contributed by atoms with Crippen molar-refractivity contribution in [1.82, 2.24) is 25.2 Å². The zero-order chi connectivity index (χ0) is 23.5. The number of fused-ring (bicyclic) bond motifs is 2. The molecule has 178 valence electrons. The van der Waals surface area contributed by atoms with Crippen LogP contribution in [0, 0.1) is 5.82 Å². The van der Waals surface area contributed by atoms with Gasteiger partial charge in [-0.1, -0.05) is 0 Å². The Bertz CT molecular complexity index is 1200. The Morgan fingerprint density at radius 2 is 2.06 bits per heavy atom. The summed E-state index contributed by atoms with van der Waals surface area (Å²) in [5.74, 6) is 0.582. The molecule has 0 radical (unpaired) electrons. The van der Waals surface area contributed by atoms with Gasteiger partial charge in [-0.15, -0.1) is 11.8 Å². The molecule has 3 aromatic rings. The fourth-order valence-electron chi connectivity index (χ4n) is 4.18. The average Bonchev–Trinajstić information content (AvgIpc) is 2.86. The molecule has 2 aliphatic heterocycles. The van der Waals surface area contributed by atoms with Crippen LogP contribution in [0.15, 0.2) is 35.4 Å². The van der Waals surface area contributed by atoms with Gasteiger partial charge in [-0.3, -0.25) is 14.7 Å². The molecule has 34 heavy (non-hydrogen) atoms. The molecular formula is C23H26FN7O2S. The molecule has 11 heteroatoms. The number of rotatable bonds is 7. The first-order valence-electron chi connectivity index (χ1n) is 11.2. The van der Waals surface area contributed by atoms with E-state index < -0.39 is 5.82 Å². The molecule has 0 atom stereocenters. The number of carbonyl (C=O) groups is 1. The Labute approximate surface area is 201 Å². The highest BCUT2D eigenvalue weighted by atomic mass is 32.2. The molecule has 1 amide bonds. The lowest BCUT2D eigenvalue weighted by Crippen LogP contribution is -2.48. The summed E-state index contributed by atoms with van der Waals surface area (Å²) < 4.78 is 19.1. The molecule has 0 saturated carbocycles. The number of piperazine rings is 1. The first-order chi connectivity index (χ1) is 16.6. The number of amides is 1. The molecule has 0 spiro atoms. The van der Waals surface area contributed by atoms with Gasteiger partial charge in [0.1, 0.15) is 11.3 Å². The van der Waals surface area contributed by atoms with E-state index in [4.69, 9.17) is 4.74 Å². The molecule has 5 rings (SSSR count). The van der Waals surface area contributed by atoms with Crippen LogP contribution < -0.4 is 20.3 Å². The number of hydrogen-bond acceptors (Lipinski definition) is 9. The van der Waals surface area contributed by atoms with Crippen LogP contribution in [-0.2, 0) is 11.3 Å². The van der Waals surface area contributed by atoms with Gasteiger partial charge in [0.2, 0.25) is 5.91 Å². The molecule has 3 aromatic heterocycles. The predicted molar refractivity (Wildman–Crippen MR) is 130 cm³/mol. The van der Waals surface area contributed by atoms with E-state index in [9.17, 15) is 9.18 Å². The standard InChI is InChI=1S/C23H26FN7O2S/c1-33-23-16(24)12-17-21(29-23)18(4-5-26-17)31-10-8-30(9-11-31)7-6-25-13-15-2-3-19-22(27-15)28-20(32)14-34-19/h2-5,12,25H,6-11,13-14H2,1H3,(H,27,28,32). The zero-order valence-electron chi connectivity index (χ0n) is 18.9. The number of methoxy groups -OCH3 is 1. The lowest BCUT2D eigenvalue weighted by molar-refractivity contribution is -0.113. The van der Waals surface area contributed by atoms with Gasteiger partial charge >= 0.3 is 0 Å². The number of aromatic nitrogens is 3. The SMILES string of the molecule is COc1nc2c(N3CCN(CCNCc4ccc5c(n4)NC(=O)CS5)CC3)ccnc2cc1F. The third kappa shape index (κ3) is 4.91. The molecule has 1 saturated heterocycles. The molecule has 2 aliphatic rings. The Hall–Kier alpha value is -3.02. The number of carbonyl (C=O) groups excluding carboxylic acids is 1.